The summed E-state index contributed by atoms with van der Waals surface area (Å²) < 4.78 is 0. The van der Waals surface area contributed by atoms with Gasteiger partial charge in [0.15, 0.2) is 0 Å². The van der Waals surface area contributed by atoms with Crippen LogP contribution in [0.25, 0.3) is 0 Å². The van der Waals surface area contributed by atoms with Crippen LogP contribution in [0.2, 0.25) is 0 Å². The summed E-state index contributed by atoms with van der Waals surface area (Å²) in [5.41, 5.74) is 0. The number of hydrogen-bond acceptors (Lipinski definition) is 2. The molecule has 0 unspecified atom stereocenters. The van der Waals surface area contributed by atoms with Crippen molar-refractivity contribution in [1.29, 1.82) is 0 Å². The molecule has 0 aromatic heterocycles. The minimum Gasteiger partial charge on any atom is -1.00 e. The van der Waals surface area contributed by atoms with Crippen LogP contribution in [-0.4, -0.2) is 0 Å². The van der Waals surface area contributed by atoms with E-state index in [1.54, 1.807) is 0 Å². The normalized spacial score (nSPS) is 0.571. The summed E-state index contributed by atoms with van der Waals surface area (Å²) in [7, 11) is 0. The Balaban J connectivity index is -0.000000000179. The van der Waals surface area contributed by atoms with Crippen molar-refractivity contribution in [3.63, 3.8) is 0 Å². The van der Waals surface area contributed by atoms with Gasteiger partial charge in [0, 0.05) is 0 Å². The van der Waals surface area contributed by atoms with E-state index < -0.39 is 0 Å². The molecular formula is C2H13N2Na3. The largest absolute Gasteiger partial charge is 1.00 e. The van der Waals surface area contributed by atoms with Gasteiger partial charge in [-0.25, -0.2) is 0 Å². The van der Waals surface area contributed by atoms with Gasteiger partial charge in [-0.15, -0.1) is 13.2 Å². The van der Waals surface area contributed by atoms with Gasteiger partial charge < -0.3 is 16.6 Å². The molecule has 34 valence electrons. The third-order valence-electron chi connectivity index (χ3n) is 0. The summed E-state index contributed by atoms with van der Waals surface area (Å²) in [6, 6.07) is 0. The fourth-order valence-electron chi connectivity index (χ4n) is 0. The minimum atomic E-state index is 0. The van der Waals surface area contributed by atoms with Crippen molar-refractivity contribution in [2.24, 2.45) is 0 Å². The zero-order valence-corrected chi connectivity index (χ0v) is 11.8. The van der Waals surface area contributed by atoms with Crippen LogP contribution in [0, 0.1) is 0 Å². The molecule has 0 aromatic rings. The number of rotatable bonds is 0. The van der Waals surface area contributed by atoms with Gasteiger partial charge in [-0.2, -0.15) is 0 Å². The van der Waals surface area contributed by atoms with E-state index in [2.05, 4.69) is 13.2 Å². The van der Waals surface area contributed by atoms with Crippen LogP contribution >= 0.6 is 0 Å². The van der Waals surface area contributed by atoms with Crippen LogP contribution < -0.4 is 101 Å². The maximum atomic E-state index is 3.00. The van der Waals surface area contributed by atoms with Gasteiger partial charge in [-0.05, 0) is 0 Å². The van der Waals surface area contributed by atoms with Crippen LogP contribution in [0.4, 0.5) is 0 Å². The molecule has 0 bridgehead atoms. The van der Waals surface area contributed by atoms with E-state index in [4.69, 9.17) is 0 Å². The van der Waals surface area contributed by atoms with E-state index in [1.165, 1.54) is 0 Å². The van der Waals surface area contributed by atoms with Gasteiger partial charge >= 0.3 is 88.7 Å². The van der Waals surface area contributed by atoms with E-state index in [9.17, 15) is 0 Å². The van der Waals surface area contributed by atoms with Gasteiger partial charge in [-0.1, -0.05) is 0 Å². The van der Waals surface area contributed by atoms with Gasteiger partial charge in [0.05, 0.1) is 0 Å². The van der Waals surface area contributed by atoms with Crippen molar-refractivity contribution in [2.45, 2.75) is 0 Å². The maximum absolute atomic E-state index is 3.00. The third-order valence-corrected chi connectivity index (χ3v) is 0. The second-order valence-corrected chi connectivity index (χ2v) is 0. The van der Waals surface area contributed by atoms with E-state index in [0.717, 1.165) is 0 Å². The van der Waals surface area contributed by atoms with Crippen molar-refractivity contribution in [1.82, 2.24) is 12.3 Å². The van der Waals surface area contributed by atoms with Crippen molar-refractivity contribution < 1.29 is 93.0 Å². The Morgan fingerprint density at radius 3 is 0.714 bits per heavy atom. The molecule has 0 aliphatic carbocycles. The molecule has 0 spiro atoms. The fourth-order valence-corrected chi connectivity index (χ4v) is 0. The average molecular weight is 134 g/mol. The summed E-state index contributed by atoms with van der Waals surface area (Å²) >= 11 is 0. The molecule has 0 aliphatic rings. The van der Waals surface area contributed by atoms with Crippen LogP contribution in [0.3, 0.4) is 0 Å². The van der Waals surface area contributed by atoms with Gasteiger partial charge in [0.25, 0.3) is 0 Å². The quantitative estimate of drug-likeness (QED) is 0.255. The molecule has 0 saturated heterocycles. The molecule has 0 saturated carbocycles. The summed E-state index contributed by atoms with van der Waals surface area (Å²) in [5, 5.41) is 0. The molecule has 5 heteroatoms. The predicted octanol–water partition coefficient (Wildman–Crippen LogP) is -7.52. The first-order chi connectivity index (χ1) is 1.00. The average Bonchev–Trinajstić information content (AvgIpc) is 1.00. The standard InChI is InChI=1S/C2H4.2H3N.3Na.3H/c1-2;;;;;;;;/h1-2H2;2*1H3;;;;;;/q;;;3*+1;3*-1. The fraction of sp³-hybridized carbons (Fsp3) is 0. The van der Waals surface area contributed by atoms with Crippen LogP contribution in [0.5, 0.6) is 0 Å². The van der Waals surface area contributed by atoms with Gasteiger partial charge in [0.1, 0.15) is 0 Å². The number of hydrogen-bond donors (Lipinski definition) is 2. The second kappa shape index (κ2) is 71.8. The molecule has 0 amide bonds. The Bertz CT molecular complexity index is 19.7. The van der Waals surface area contributed by atoms with Gasteiger partial charge in [0.2, 0.25) is 0 Å². The van der Waals surface area contributed by atoms with E-state index in [0.29, 0.717) is 0 Å². The second-order valence-electron chi connectivity index (χ2n) is 0. The van der Waals surface area contributed by atoms with Crippen molar-refractivity contribution in [2.75, 3.05) is 0 Å². The Labute approximate surface area is 116 Å². The zero-order chi connectivity index (χ0) is 2.00. The van der Waals surface area contributed by atoms with Crippen molar-refractivity contribution in [3.05, 3.63) is 13.2 Å². The monoisotopic (exact) mass is 134 g/mol. The Morgan fingerprint density at radius 2 is 0.714 bits per heavy atom. The summed E-state index contributed by atoms with van der Waals surface area (Å²) in [5.74, 6) is 0. The Morgan fingerprint density at radius 1 is 0.714 bits per heavy atom. The first kappa shape index (κ1) is 54.1. The predicted molar refractivity (Wildman–Crippen MR) is 24.6 cm³/mol. The maximum Gasteiger partial charge on any atom is 1.00 e. The SMILES string of the molecule is C=C.N.N.[H-].[H-].[H-].[Na+].[Na+].[Na+]. The molecule has 0 rings (SSSR count). The molecule has 2 nitrogen and oxygen atoms in total. The molecule has 0 fully saturated rings. The molecule has 0 heterocycles. The summed E-state index contributed by atoms with van der Waals surface area (Å²) in [4.78, 5) is 0. The summed E-state index contributed by atoms with van der Waals surface area (Å²) in [6.07, 6.45) is 0. The molecule has 0 aromatic carbocycles. The van der Waals surface area contributed by atoms with E-state index in [1.807, 2.05) is 0 Å². The molecule has 0 radical (unpaired) electrons. The van der Waals surface area contributed by atoms with Crippen LogP contribution in [-0.2, 0) is 0 Å². The molecular weight excluding hydrogens is 121 g/mol. The topological polar surface area (TPSA) is 70.0 Å². The minimum absolute atomic E-state index is 0. The molecule has 0 atom stereocenters. The van der Waals surface area contributed by atoms with Gasteiger partial charge in [-0.3, -0.25) is 0 Å². The third kappa shape index (κ3) is 54.3. The van der Waals surface area contributed by atoms with Crippen LogP contribution in [0.15, 0.2) is 13.2 Å². The van der Waals surface area contributed by atoms with Crippen LogP contribution in [0.1, 0.15) is 4.28 Å². The molecule has 0 aliphatic heterocycles. The Hall–Kier alpha value is 2.66. The molecule has 7 heavy (non-hydrogen) atoms. The first-order valence-corrected chi connectivity index (χ1v) is 0.500. The molecule has 6 N–H and O–H groups in total. The smallest absolute Gasteiger partial charge is 1.00 e. The Kier molecular flexibility index (Phi) is 555. The first-order valence-electron chi connectivity index (χ1n) is 0.500. The van der Waals surface area contributed by atoms with E-state index in [-0.39, 0.29) is 105 Å². The van der Waals surface area contributed by atoms with Crippen molar-refractivity contribution in [3.8, 4) is 0 Å². The zero-order valence-electron chi connectivity index (χ0n) is 8.83. The summed E-state index contributed by atoms with van der Waals surface area (Å²) in [6.45, 7) is 6.00. The van der Waals surface area contributed by atoms with Crippen molar-refractivity contribution >= 4 is 0 Å². The van der Waals surface area contributed by atoms with E-state index >= 15 is 0 Å².